The van der Waals surface area contributed by atoms with Crippen molar-refractivity contribution in [1.82, 2.24) is 24.7 Å². The predicted molar refractivity (Wildman–Crippen MR) is 78.3 cm³/mol. The quantitative estimate of drug-likeness (QED) is 0.726. The fraction of sp³-hybridized carbons (Fsp3) is 0.143. The maximum absolute atomic E-state index is 6.03. The first kappa shape index (κ1) is 12.3. The van der Waals surface area contributed by atoms with E-state index in [2.05, 4.69) is 37.1 Å². The number of anilines is 1. The lowest BCUT2D eigenvalue weighted by molar-refractivity contribution is 0.761. The Morgan fingerprint density at radius 2 is 1.62 bits per heavy atom. The summed E-state index contributed by atoms with van der Waals surface area (Å²) in [7, 11) is 0. The van der Waals surface area contributed by atoms with Crippen LogP contribution < -0.4 is 4.90 Å². The second kappa shape index (κ2) is 4.82. The van der Waals surface area contributed by atoms with Gasteiger partial charge in [-0.05, 0) is 28.8 Å². The highest BCUT2D eigenvalue weighted by Gasteiger charge is 2.22. The monoisotopic (exact) mass is 298 g/mol. The Bertz CT molecular complexity index is 761. The van der Waals surface area contributed by atoms with Gasteiger partial charge in [-0.2, -0.15) is 20.1 Å². The van der Waals surface area contributed by atoms with Crippen molar-refractivity contribution in [2.75, 3.05) is 4.90 Å². The fourth-order valence-corrected chi connectivity index (χ4v) is 2.59. The normalized spacial score (nSPS) is 13.5. The van der Waals surface area contributed by atoms with Gasteiger partial charge < -0.3 is 4.90 Å². The number of halogens is 1. The number of hydrogen-bond donors (Lipinski definition) is 0. The molecule has 1 aromatic carbocycles. The van der Waals surface area contributed by atoms with E-state index >= 15 is 0 Å². The van der Waals surface area contributed by atoms with E-state index < -0.39 is 0 Å². The van der Waals surface area contributed by atoms with Gasteiger partial charge in [-0.15, -0.1) is 0 Å². The number of fused-ring (bicyclic) bond motifs is 1. The van der Waals surface area contributed by atoms with E-state index in [1.54, 1.807) is 17.1 Å². The molecule has 0 bridgehead atoms. The third-order valence-electron chi connectivity index (χ3n) is 3.42. The summed E-state index contributed by atoms with van der Waals surface area (Å²) in [6.45, 7) is 1.55. The van der Waals surface area contributed by atoms with Gasteiger partial charge >= 0.3 is 0 Å². The Hall–Kier alpha value is -2.47. The van der Waals surface area contributed by atoms with Crippen LogP contribution in [0.15, 0.2) is 42.7 Å². The van der Waals surface area contributed by atoms with Gasteiger partial charge in [-0.25, -0.2) is 4.68 Å². The summed E-state index contributed by atoms with van der Waals surface area (Å²) in [6, 6.07) is 10.1. The lowest BCUT2D eigenvalue weighted by Crippen LogP contribution is -2.19. The molecule has 7 heteroatoms. The first-order valence-corrected chi connectivity index (χ1v) is 6.91. The van der Waals surface area contributed by atoms with Crippen molar-refractivity contribution in [1.29, 1.82) is 0 Å². The molecule has 0 atom stereocenters. The zero-order valence-corrected chi connectivity index (χ0v) is 11.8. The molecule has 0 fully saturated rings. The van der Waals surface area contributed by atoms with E-state index in [1.165, 1.54) is 11.1 Å². The molecule has 3 aromatic rings. The minimum atomic E-state index is 0.168. The molecule has 0 spiro atoms. The molecule has 104 valence electrons. The van der Waals surface area contributed by atoms with E-state index in [0.717, 1.165) is 13.1 Å². The number of rotatable bonds is 2. The van der Waals surface area contributed by atoms with Crippen molar-refractivity contribution < 1.29 is 0 Å². The molecule has 0 unspecified atom stereocenters. The van der Waals surface area contributed by atoms with Gasteiger partial charge in [0.15, 0.2) is 0 Å². The molecule has 0 saturated carbocycles. The molecule has 1 aliphatic heterocycles. The minimum Gasteiger partial charge on any atom is -0.332 e. The highest BCUT2D eigenvalue weighted by atomic mass is 35.5. The highest BCUT2D eigenvalue weighted by Crippen LogP contribution is 2.26. The summed E-state index contributed by atoms with van der Waals surface area (Å²) < 4.78 is 1.57. The van der Waals surface area contributed by atoms with Crippen LogP contribution in [0.3, 0.4) is 0 Å². The van der Waals surface area contributed by atoms with Crippen LogP contribution in [0.25, 0.3) is 5.95 Å². The van der Waals surface area contributed by atoms with Gasteiger partial charge in [0.05, 0.1) is 0 Å². The molecule has 4 rings (SSSR count). The van der Waals surface area contributed by atoms with Crippen LogP contribution in [-0.2, 0) is 13.1 Å². The largest absolute Gasteiger partial charge is 0.332 e. The maximum atomic E-state index is 6.03. The molecule has 3 heterocycles. The summed E-state index contributed by atoms with van der Waals surface area (Å²) in [6.07, 6.45) is 3.44. The van der Waals surface area contributed by atoms with Gasteiger partial charge in [-0.1, -0.05) is 24.3 Å². The number of aromatic nitrogens is 5. The van der Waals surface area contributed by atoms with Crippen LogP contribution in [0.5, 0.6) is 0 Å². The van der Waals surface area contributed by atoms with Crippen LogP contribution in [0.1, 0.15) is 11.1 Å². The van der Waals surface area contributed by atoms with Gasteiger partial charge in [0.25, 0.3) is 5.95 Å². The van der Waals surface area contributed by atoms with Crippen LogP contribution in [-0.4, -0.2) is 24.7 Å². The molecular weight excluding hydrogens is 288 g/mol. The van der Waals surface area contributed by atoms with Crippen molar-refractivity contribution in [2.45, 2.75) is 13.1 Å². The maximum Gasteiger partial charge on any atom is 0.256 e. The average Bonchev–Trinajstić information content (AvgIpc) is 3.16. The molecule has 2 aromatic heterocycles. The Kier molecular flexibility index (Phi) is 2.82. The SMILES string of the molecule is Clc1nc(N2Cc3ccccc3C2)nc(-n2cccn2)n1. The lowest BCUT2D eigenvalue weighted by atomic mass is 10.1. The van der Waals surface area contributed by atoms with Crippen molar-refractivity contribution in [3.8, 4) is 5.95 Å². The van der Waals surface area contributed by atoms with Crippen LogP contribution in [0.4, 0.5) is 5.95 Å². The summed E-state index contributed by atoms with van der Waals surface area (Å²) in [5.74, 6) is 0.989. The van der Waals surface area contributed by atoms with Gasteiger partial charge in [0.2, 0.25) is 11.2 Å². The molecule has 21 heavy (non-hydrogen) atoms. The summed E-state index contributed by atoms with van der Waals surface area (Å²) in [5.41, 5.74) is 2.57. The Morgan fingerprint density at radius 3 is 2.29 bits per heavy atom. The topological polar surface area (TPSA) is 59.7 Å². The van der Waals surface area contributed by atoms with Gasteiger partial charge in [0, 0.05) is 25.5 Å². The number of nitrogens with zero attached hydrogens (tertiary/aromatic N) is 6. The van der Waals surface area contributed by atoms with E-state index in [1.807, 2.05) is 18.2 Å². The first-order chi connectivity index (χ1) is 10.3. The Morgan fingerprint density at radius 1 is 0.905 bits per heavy atom. The highest BCUT2D eigenvalue weighted by molar-refractivity contribution is 6.28. The van der Waals surface area contributed by atoms with E-state index in [0.29, 0.717) is 11.9 Å². The Labute approximate surface area is 126 Å². The van der Waals surface area contributed by atoms with Crippen molar-refractivity contribution in [3.05, 3.63) is 59.1 Å². The summed E-state index contributed by atoms with van der Waals surface area (Å²) in [5, 5.41) is 4.29. The zero-order chi connectivity index (χ0) is 14.2. The van der Waals surface area contributed by atoms with Crippen LogP contribution in [0.2, 0.25) is 5.28 Å². The smallest absolute Gasteiger partial charge is 0.256 e. The fourth-order valence-electron chi connectivity index (χ4n) is 2.44. The van der Waals surface area contributed by atoms with Crippen molar-refractivity contribution in [2.24, 2.45) is 0 Å². The van der Waals surface area contributed by atoms with Gasteiger partial charge in [0.1, 0.15) is 0 Å². The van der Waals surface area contributed by atoms with Crippen LogP contribution >= 0.6 is 11.6 Å². The van der Waals surface area contributed by atoms with Crippen molar-refractivity contribution >= 4 is 17.5 Å². The lowest BCUT2D eigenvalue weighted by Gasteiger charge is -2.15. The zero-order valence-electron chi connectivity index (χ0n) is 11.0. The second-order valence-corrected chi connectivity index (χ2v) is 5.12. The van der Waals surface area contributed by atoms with Crippen molar-refractivity contribution in [3.63, 3.8) is 0 Å². The molecular formula is C14H11ClN6. The predicted octanol–water partition coefficient (Wildman–Crippen LogP) is 2.23. The molecule has 0 radical (unpaired) electrons. The molecule has 0 saturated heterocycles. The van der Waals surface area contributed by atoms with Crippen LogP contribution in [0, 0.1) is 0 Å². The molecule has 0 amide bonds. The minimum absolute atomic E-state index is 0.168. The summed E-state index contributed by atoms with van der Waals surface area (Å²) in [4.78, 5) is 14.9. The Balaban J connectivity index is 1.71. The molecule has 0 aliphatic carbocycles. The third kappa shape index (κ3) is 2.23. The third-order valence-corrected chi connectivity index (χ3v) is 3.59. The average molecular weight is 299 g/mol. The molecule has 0 N–H and O–H groups in total. The van der Waals surface area contributed by atoms with E-state index in [4.69, 9.17) is 11.6 Å². The number of benzene rings is 1. The van der Waals surface area contributed by atoms with E-state index in [-0.39, 0.29) is 5.28 Å². The summed E-state index contributed by atoms with van der Waals surface area (Å²) >= 11 is 6.03. The van der Waals surface area contributed by atoms with E-state index in [9.17, 15) is 0 Å². The molecule has 1 aliphatic rings. The number of hydrogen-bond acceptors (Lipinski definition) is 5. The first-order valence-electron chi connectivity index (χ1n) is 6.53. The second-order valence-electron chi connectivity index (χ2n) is 4.78. The van der Waals surface area contributed by atoms with Gasteiger partial charge in [-0.3, -0.25) is 0 Å². The standard InChI is InChI=1S/C14H11ClN6/c15-12-17-13(19-14(18-12)21-7-3-6-16-21)20-8-10-4-1-2-5-11(10)9-20/h1-7H,8-9H2. The molecule has 6 nitrogen and oxygen atoms in total.